The van der Waals surface area contributed by atoms with Crippen LogP contribution in [0, 0.1) is 0 Å². The predicted octanol–water partition coefficient (Wildman–Crippen LogP) is 1.93. The minimum Gasteiger partial charge on any atom is -0.484 e. The summed E-state index contributed by atoms with van der Waals surface area (Å²) in [5.41, 5.74) is 0. The Bertz CT molecular complexity index is 439. The molecule has 1 N–H and O–H groups in total. The van der Waals surface area contributed by atoms with Crippen LogP contribution < -0.4 is 10.1 Å². The lowest BCUT2D eigenvalue weighted by atomic mass is 10.2. The normalized spacial score (nSPS) is 18.6. The molecule has 4 nitrogen and oxygen atoms in total. The van der Waals surface area contributed by atoms with Gasteiger partial charge in [-0.1, -0.05) is 17.7 Å². The monoisotopic (exact) mass is 282 g/mol. The van der Waals surface area contributed by atoms with Gasteiger partial charge in [-0.2, -0.15) is 0 Å². The van der Waals surface area contributed by atoms with Crippen LogP contribution in [0.5, 0.6) is 5.75 Å². The van der Waals surface area contributed by atoms with Crippen molar-refractivity contribution in [3.05, 3.63) is 29.3 Å². The first kappa shape index (κ1) is 14.2. The molecule has 0 aliphatic carbocycles. The molecular weight excluding hydrogens is 264 g/mol. The average Bonchev–Trinajstić information content (AvgIpc) is 2.85. The molecule has 1 fully saturated rings. The van der Waals surface area contributed by atoms with Gasteiger partial charge in [0.15, 0.2) is 6.61 Å². The molecule has 0 spiro atoms. The van der Waals surface area contributed by atoms with Gasteiger partial charge in [0.05, 0.1) is 0 Å². The van der Waals surface area contributed by atoms with Crippen molar-refractivity contribution < 1.29 is 9.53 Å². The van der Waals surface area contributed by atoms with Gasteiger partial charge in [0, 0.05) is 24.2 Å². The van der Waals surface area contributed by atoms with E-state index >= 15 is 0 Å². The van der Waals surface area contributed by atoms with Crippen molar-refractivity contribution in [2.75, 3.05) is 26.7 Å². The third-order valence-electron chi connectivity index (χ3n) is 3.30. The first-order valence-corrected chi connectivity index (χ1v) is 6.91. The molecule has 0 radical (unpaired) electrons. The minimum atomic E-state index is 0.0396. The Hall–Kier alpha value is -1.26. The van der Waals surface area contributed by atoms with Gasteiger partial charge in [0.1, 0.15) is 5.75 Å². The summed E-state index contributed by atoms with van der Waals surface area (Å²) in [4.78, 5) is 14.0. The van der Waals surface area contributed by atoms with Crippen molar-refractivity contribution in [1.29, 1.82) is 0 Å². The summed E-state index contributed by atoms with van der Waals surface area (Å²) >= 11 is 5.87. The molecule has 104 valence electrons. The Morgan fingerprint density at radius 1 is 1.58 bits per heavy atom. The number of ether oxygens (including phenoxy) is 1. The number of carbonyl (C=O) groups is 1. The van der Waals surface area contributed by atoms with Crippen LogP contribution in [0.15, 0.2) is 24.3 Å². The lowest BCUT2D eigenvalue weighted by Gasteiger charge is -2.24. The van der Waals surface area contributed by atoms with Crippen molar-refractivity contribution in [3.63, 3.8) is 0 Å². The van der Waals surface area contributed by atoms with Gasteiger partial charge < -0.3 is 15.0 Å². The second-order valence-electron chi connectivity index (χ2n) is 4.69. The maximum Gasteiger partial charge on any atom is 0.260 e. The maximum absolute atomic E-state index is 12.1. The predicted molar refractivity (Wildman–Crippen MR) is 75.6 cm³/mol. The second-order valence-corrected chi connectivity index (χ2v) is 5.12. The molecule has 1 aliphatic heterocycles. The van der Waals surface area contributed by atoms with E-state index in [9.17, 15) is 4.79 Å². The zero-order chi connectivity index (χ0) is 13.7. The highest BCUT2D eigenvalue weighted by molar-refractivity contribution is 6.30. The quantitative estimate of drug-likeness (QED) is 0.897. The third-order valence-corrected chi connectivity index (χ3v) is 3.53. The first-order chi connectivity index (χ1) is 9.20. The molecule has 0 aromatic heterocycles. The summed E-state index contributed by atoms with van der Waals surface area (Å²) in [6.07, 6.45) is 2.12. The summed E-state index contributed by atoms with van der Waals surface area (Å²) in [5, 5.41) is 3.73. The van der Waals surface area contributed by atoms with E-state index in [-0.39, 0.29) is 12.5 Å². The third kappa shape index (κ3) is 3.85. The second kappa shape index (κ2) is 6.78. The Balaban J connectivity index is 1.87. The molecule has 0 saturated carbocycles. The standard InChI is InChI=1S/C14H19ClN2O2/c1-16-9-12-5-3-7-17(12)14(18)10-19-13-6-2-4-11(15)8-13/h2,4,6,8,12,16H,3,5,7,9-10H2,1H3. The fraction of sp³-hybridized carbons (Fsp3) is 0.500. The number of hydrogen-bond acceptors (Lipinski definition) is 3. The van der Waals surface area contributed by atoms with Crippen LogP contribution in [-0.2, 0) is 4.79 Å². The lowest BCUT2D eigenvalue weighted by Crippen LogP contribution is -2.43. The molecule has 1 atom stereocenters. The largest absolute Gasteiger partial charge is 0.484 e. The fourth-order valence-corrected chi connectivity index (χ4v) is 2.58. The topological polar surface area (TPSA) is 41.6 Å². The Labute approximate surface area is 118 Å². The highest BCUT2D eigenvalue weighted by atomic mass is 35.5. The molecule has 1 aliphatic rings. The molecule has 2 rings (SSSR count). The minimum absolute atomic E-state index is 0.0396. The van der Waals surface area contributed by atoms with Crippen molar-refractivity contribution in [3.8, 4) is 5.75 Å². The molecule has 1 saturated heterocycles. The molecular formula is C14H19ClN2O2. The van der Waals surface area contributed by atoms with Gasteiger partial charge in [0.25, 0.3) is 5.91 Å². The highest BCUT2D eigenvalue weighted by Crippen LogP contribution is 2.19. The number of nitrogens with zero attached hydrogens (tertiary/aromatic N) is 1. The van der Waals surface area contributed by atoms with Gasteiger partial charge in [-0.15, -0.1) is 0 Å². The van der Waals surface area contributed by atoms with Crippen LogP contribution >= 0.6 is 11.6 Å². The SMILES string of the molecule is CNCC1CCCN1C(=O)COc1cccc(Cl)c1. The molecule has 5 heteroatoms. The van der Waals surface area contributed by atoms with Gasteiger partial charge >= 0.3 is 0 Å². The van der Waals surface area contributed by atoms with Crippen molar-refractivity contribution in [1.82, 2.24) is 10.2 Å². The molecule has 1 aromatic carbocycles. The Kier molecular flexibility index (Phi) is 5.05. The smallest absolute Gasteiger partial charge is 0.260 e. The summed E-state index contributed by atoms with van der Waals surface area (Å²) in [7, 11) is 1.91. The first-order valence-electron chi connectivity index (χ1n) is 6.53. The van der Waals surface area contributed by atoms with E-state index in [2.05, 4.69) is 5.32 Å². The number of carbonyl (C=O) groups excluding carboxylic acids is 1. The van der Waals surface area contributed by atoms with Gasteiger partial charge in [-0.25, -0.2) is 0 Å². The van der Waals surface area contributed by atoms with Gasteiger partial charge in [0.2, 0.25) is 0 Å². The number of rotatable bonds is 5. The zero-order valence-electron chi connectivity index (χ0n) is 11.1. The number of nitrogens with one attached hydrogen (secondary N) is 1. The van der Waals surface area contributed by atoms with E-state index in [0.29, 0.717) is 16.8 Å². The molecule has 1 unspecified atom stereocenters. The fourth-order valence-electron chi connectivity index (χ4n) is 2.40. The van der Waals surface area contributed by atoms with E-state index in [4.69, 9.17) is 16.3 Å². The van der Waals surface area contributed by atoms with Crippen LogP contribution in [0.4, 0.5) is 0 Å². The number of amides is 1. The van der Waals surface area contributed by atoms with Crippen LogP contribution in [0.3, 0.4) is 0 Å². The maximum atomic E-state index is 12.1. The van der Waals surface area contributed by atoms with Crippen LogP contribution in [-0.4, -0.2) is 43.6 Å². The van der Waals surface area contributed by atoms with Gasteiger partial charge in [-0.05, 0) is 38.1 Å². The van der Waals surface area contributed by atoms with Crippen LogP contribution in [0.1, 0.15) is 12.8 Å². The van der Waals surface area contributed by atoms with E-state index in [1.807, 2.05) is 18.0 Å². The number of halogens is 1. The average molecular weight is 283 g/mol. The molecule has 1 amide bonds. The van der Waals surface area contributed by atoms with Crippen LogP contribution in [0.25, 0.3) is 0 Å². The lowest BCUT2D eigenvalue weighted by molar-refractivity contribution is -0.134. The van der Waals surface area contributed by atoms with E-state index in [1.165, 1.54) is 0 Å². The highest BCUT2D eigenvalue weighted by Gasteiger charge is 2.28. The number of hydrogen-bond donors (Lipinski definition) is 1. The molecule has 19 heavy (non-hydrogen) atoms. The van der Waals surface area contributed by atoms with Crippen molar-refractivity contribution in [2.45, 2.75) is 18.9 Å². The van der Waals surface area contributed by atoms with E-state index < -0.39 is 0 Å². The number of likely N-dealkylation sites (tertiary alicyclic amines) is 1. The summed E-state index contributed by atoms with van der Waals surface area (Å²) in [6.45, 7) is 1.73. The summed E-state index contributed by atoms with van der Waals surface area (Å²) < 4.78 is 5.49. The summed E-state index contributed by atoms with van der Waals surface area (Å²) in [6, 6.07) is 7.39. The van der Waals surface area contributed by atoms with E-state index in [0.717, 1.165) is 25.9 Å². The van der Waals surface area contributed by atoms with E-state index in [1.54, 1.807) is 18.2 Å². The Morgan fingerprint density at radius 2 is 2.42 bits per heavy atom. The summed E-state index contributed by atoms with van der Waals surface area (Å²) in [5.74, 6) is 0.669. The van der Waals surface area contributed by atoms with Crippen molar-refractivity contribution >= 4 is 17.5 Å². The van der Waals surface area contributed by atoms with Crippen LogP contribution in [0.2, 0.25) is 5.02 Å². The van der Waals surface area contributed by atoms with Gasteiger partial charge in [-0.3, -0.25) is 4.79 Å². The van der Waals surface area contributed by atoms with Crippen molar-refractivity contribution in [2.24, 2.45) is 0 Å². The Morgan fingerprint density at radius 3 is 3.16 bits per heavy atom. The molecule has 1 aromatic rings. The number of likely N-dealkylation sites (N-methyl/N-ethyl adjacent to an activating group) is 1. The number of benzene rings is 1. The zero-order valence-corrected chi connectivity index (χ0v) is 11.8. The molecule has 1 heterocycles. The molecule has 0 bridgehead atoms.